The molecule has 0 spiro atoms. The minimum Gasteiger partial charge on any atom is -0.462 e. The minimum atomic E-state index is -0.473. The van der Waals surface area contributed by atoms with Crippen LogP contribution in [0.3, 0.4) is 0 Å². The largest absolute Gasteiger partial charge is 0.462 e. The molecule has 0 aliphatic heterocycles. The Morgan fingerprint density at radius 1 is 0.739 bits per heavy atom. The van der Waals surface area contributed by atoms with Crippen molar-refractivity contribution in [2.24, 2.45) is 0 Å². The van der Waals surface area contributed by atoms with Crippen LogP contribution in [0.1, 0.15) is 79.5 Å². The molecule has 23 heavy (non-hydrogen) atoms. The first-order valence-corrected chi connectivity index (χ1v) is 8.64. The molecule has 0 aliphatic rings. The maximum atomic E-state index is 12.1. The topological polar surface area (TPSA) is 52.6 Å². The molecule has 128 valence electrons. The molecule has 0 atom stereocenters. The first-order chi connectivity index (χ1) is 11.2. The van der Waals surface area contributed by atoms with Gasteiger partial charge in [-0.1, -0.05) is 58.1 Å². The van der Waals surface area contributed by atoms with Crippen LogP contribution in [-0.2, 0) is 9.47 Å². The van der Waals surface area contributed by atoms with Crippen LogP contribution in [0.5, 0.6) is 0 Å². The molecule has 0 N–H and O–H groups in total. The van der Waals surface area contributed by atoms with Gasteiger partial charge >= 0.3 is 11.9 Å². The van der Waals surface area contributed by atoms with Gasteiger partial charge in [0.2, 0.25) is 0 Å². The fraction of sp³-hybridized carbons (Fsp3) is 0.579. The van der Waals surface area contributed by atoms with E-state index in [4.69, 9.17) is 9.47 Å². The zero-order valence-electron chi connectivity index (χ0n) is 14.3. The minimum absolute atomic E-state index is 0.272. The van der Waals surface area contributed by atoms with Gasteiger partial charge in [-0.2, -0.15) is 0 Å². The molecule has 4 heteroatoms. The summed E-state index contributed by atoms with van der Waals surface area (Å²) < 4.78 is 10.4. The molecule has 0 amide bonds. The lowest BCUT2D eigenvalue weighted by atomic mass is 10.1. The van der Waals surface area contributed by atoms with Crippen LogP contribution in [0.4, 0.5) is 0 Å². The van der Waals surface area contributed by atoms with Crippen LogP contribution >= 0.6 is 0 Å². The average molecular weight is 320 g/mol. The van der Waals surface area contributed by atoms with Crippen LogP contribution in [0, 0.1) is 0 Å². The molecule has 0 unspecified atom stereocenters. The molecule has 0 bridgehead atoms. The Hall–Kier alpha value is -1.84. The molecule has 1 rings (SSSR count). The summed E-state index contributed by atoms with van der Waals surface area (Å²) in [6, 6.07) is 6.64. The van der Waals surface area contributed by atoms with E-state index in [-0.39, 0.29) is 11.1 Å². The Labute approximate surface area is 139 Å². The van der Waals surface area contributed by atoms with Crippen LogP contribution in [0.2, 0.25) is 0 Å². The van der Waals surface area contributed by atoms with Gasteiger partial charge in [-0.25, -0.2) is 9.59 Å². The number of carbonyl (C=O) groups is 2. The maximum Gasteiger partial charge on any atom is 0.339 e. The molecule has 0 radical (unpaired) electrons. The molecule has 0 aliphatic carbocycles. The fourth-order valence-corrected chi connectivity index (χ4v) is 2.24. The Kier molecular flexibility index (Phi) is 9.76. The molecule has 0 heterocycles. The highest BCUT2D eigenvalue weighted by molar-refractivity contribution is 6.03. The Morgan fingerprint density at radius 2 is 1.26 bits per heavy atom. The van der Waals surface area contributed by atoms with Crippen LogP contribution < -0.4 is 0 Å². The highest BCUT2D eigenvalue weighted by Crippen LogP contribution is 2.13. The summed E-state index contributed by atoms with van der Waals surface area (Å²) in [5.74, 6) is -0.929. The van der Waals surface area contributed by atoms with Crippen molar-refractivity contribution in [3.8, 4) is 0 Å². The SMILES string of the molecule is CCCCCCCCOC(=O)c1ccccc1C(=O)OCCC. The monoisotopic (exact) mass is 320 g/mol. The van der Waals surface area contributed by atoms with Crippen molar-refractivity contribution in [2.45, 2.75) is 58.8 Å². The van der Waals surface area contributed by atoms with E-state index in [0.717, 1.165) is 19.3 Å². The third-order valence-electron chi connectivity index (χ3n) is 3.54. The molecular weight excluding hydrogens is 292 g/mol. The molecule has 0 saturated heterocycles. The van der Waals surface area contributed by atoms with E-state index in [1.807, 2.05) is 6.92 Å². The lowest BCUT2D eigenvalue weighted by Gasteiger charge is -2.09. The predicted molar refractivity (Wildman–Crippen MR) is 90.7 cm³/mol. The standard InChI is InChI=1S/C19H28O4/c1-3-5-6-7-8-11-15-23-19(21)17-13-10-9-12-16(17)18(20)22-14-4-2/h9-10,12-13H,3-8,11,14-15H2,1-2H3. The lowest BCUT2D eigenvalue weighted by molar-refractivity contribution is 0.0454. The third kappa shape index (κ3) is 7.31. The fourth-order valence-electron chi connectivity index (χ4n) is 2.24. The summed E-state index contributed by atoms with van der Waals surface area (Å²) in [6.07, 6.45) is 7.55. The van der Waals surface area contributed by atoms with E-state index in [0.29, 0.717) is 13.2 Å². The molecular formula is C19H28O4. The second-order valence-electron chi connectivity index (χ2n) is 5.59. The zero-order valence-corrected chi connectivity index (χ0v) is 14.3. The van der Waals surface area contributed by atoms with Crippen molar-refractivity contribution in [3.63, 3.8) is 0 Å². The van der Waals surface area contributed by atoms with E-state index >= 15 is 0 Å². The number of ether oxygens (including phenoxy) is 2. The summed E-state index contributed by atoms with van der Waals surface area (Å²) in [6.45, 7) is 4.85. The third-order valence-corrected chi connectivity index (χ3v) is 3.54. The maximum absolute atomic E-state index is 12.1. The summed E-state index contributed by atoms with van der Waals surface area (Å²) in [4.78, 5) is 24.1. The Balaban J connectivity index is 2.45. The molecule has 1 aromatic carbocycles. The summed E-state index contributed by atoms with van der Waals surface area (Å²) in [5, 5.41) is 0. The van der Waals surface area contributed by atoms with Gasteiger partial charge < -0.3 is 9.47 Å². The Morgan fingerprint density at radius 3 is 1.83 bits per heavy atom. The number of hydrogen-bond acceptors (Lipinski definition) is 4. The number of benzene rings is 1. The van der Waals surface area contributed by atoms with Gasteiger partial charge in [0.15, 0.2) is 0 Å². The first kappa shape index (κ1) is 19.2. The van der Waals surface area contributed by atoms with E-state index in [1.165, 1.54) is 25.7 Å². The van der Waals surface area contributed by atoms with Gasteiger partial charge in [-0.3, -0.25) is 0 Å². The van der Waals surface area contributed by atoms with Crippen molar-refractivity contribution in [2.75, 3.05) is 13.2 Å². The van der Waals surface area contributed by atoms with Crippen molar-refractivity contribution >= 4 is 11.9 Å². The van der Waals surface area contributed by atoms with Gasteiger partial charge in [0.05, 0.1) is 24.3 Å². The van der Waals surface area contributed by atoms with Crippen molar-refractivity contribution in [3.05, 3.63) is 35.4 Å². The highest BCUT2D eigenvalue weighted by Gasteiger charge is 2.18. The molecule has 0 saturated carbocycles. The van der Waals surface area contributed by atoms with Crippen LogP contribution in [0.15, 0.2) is 24.3 Å². The quantitative estimate of drug-likeness (QED) is 0.435. The molecule has 1 aromatic rings. The second-order valence-corrected chi connectivity index (χ2v) is 5.59. The highest BCUT2D eigenvalue weighted by atomic mass is 16.5. The summed E-state index contributed by atoms with van der Waals surface area (Å²) >= 11 is 0. The molecule has 0 aromatic heterocycles. The van der Waals surface area contributed by atoms with Crippen molar-refractivity contribution < 1.29 is 19.1 Å². The number of hydrogen-bond donors (Lipinski definition) is 0. The summed E-state index contributed by atoms with van der Waals surface area (Å²) in [5.41, 5.74) is 0.550. The van der Waals surface area contributed by atoms with E-state index < -0.39 is 11.9 Å². The number of esters is 2. The van der Waals surface area contributed by atoms with E-state index in [1.54, 1.807) is 24.3 Å². The van der Waals surface area contributed by atoms with Gasteiger partial charge in [0, 0.05) is 0 Å². The first-order valence-electron chi connectivity index (χ1n) is 8.64. The number of carbonyl (C=O) groups excluding carboxylic acids is 2. The van der Waals surface area contributed by atoms with Gasteiger partial charge in [-0.15, -0.1) is 0 Å². The zero-order chi connectivity index (χ0) is 16.9. The number of rotatable bonds is 11. The van der Waals surface area contributed by atoms with Gasteiger partial charge in [-0.05, 0) is 25.0 Å². The van der Waals surface area contributed by atoms with Gasteiger partial charge in [0.1, 0.15) is 0 Å². The Bertz CT molecular complexity index is 482. The average Bonchev–Trinajstić information content (AvgIpc) is 2.58. The van der Waals surface area contributed by atoms with Crippen molar-refractivity contribution in [1.29, 1.82) is 0 Å². The predicted octanol–water partition coefficient (Wildman–Crippen LogP) is 4.77. The van der Waals surface area contributed by atoms with E-state index in [2.05, 4.69) is 6.92 Å². The van der Waals surface area contributed by atoms with Gasteiger partial charge in [0.25, 0.3) is 0 Å². The van der Waals surface area contributed by atoms with Crippen molar-refractivity contribution in [1.82, 2.24) is 0 Å². The normalized spacial score (nSPS) is 10.3. The number of unbranched alkanes of at least 4 members (excludes halogenated alkanes) is 5. The summed E-state index contributed by atoms with van der Waals surface area (Å²) in [7, 11) is 0. The lowest BCUT2D eigenvalue weighted by Crippen LogP contribution is -2.14. The molecule has 0 fully saturated rings. The molecule has 4 nitrogen and oxygen atoms in total. The smallest absolute Gasteiger partial charge is 0.339 e. The second kappa shape index (κ2) is 11.7. The van der Waals surface area contributed by atoms with E-state index in [9.17, 15) is 9.59 Å². The van der Waals surface area contributed by atoms with Crippen LogP contribution in [-0.4, -0.2) is 25.2 Å². The van der Waals surface area contributed by atoms with Crippen LogP contribution in [0.25, 0.3) is 0 Å².